The Hall–Kier alpha value is -1.65. The molecule has 0 aliphatic rings. The van der Waals surface area contributed by atoms with Gasteiger partial charge in [-0.25, -0.2) is 12.7 Å². The van der Waals surface area contributed by atoms with E-state index in [1.165, 1.54) is 26.2 Å². The number of ether oxygens (including phenoxy) is 1. The molecule has 1 N–H and O–H groups in total. The molecule has 0 bridgehead atoms. The smallest absolute Gasteiger partial charge is 0.252 e. The van der Waals surface area contributed by atoms with Crippen LogP contribution in [0.3, 0.4) is 0 Å². The summed E-state index contributed by atoms with van der Waals surface area (Å²) in [4.78, 5) is 12.6. The van der Waals surface area contributed by atoms with Crippen molar-refractivity contribution in [2.45, 2.75) is 11.3 Å². The van der Waals surface area contributed by atoms with Crippen LogP contribution in [-0.2, 0) is 16.4 Å². The minimum atomic E-state index is -3.58. The van der Waals surface area contributed by atoms with Gasteiger partial charge in [-0.1, -0.05) is 12.1 Å². The van der Waals surface area contributed by atoms with E-state index in [1.54, 1.807) is 13.2 Å². The van der Waals surface area contributed by atoms with E-state index < -0.39 is 10.0 Å². The molecule has 2 rings (SSSR count). The van der Waals surface area contributed by atoms with Crippen LogP contribution < -0.4 is 10.1 Å². The van der Waals surface area contributed by atoms with Crippen molar-refractivity contribution in [3.8, 4) is 5.75 Å². The standard InChI is InChI=1S/C18H21IN2O4S/c1-21(2)26(23,24)15-8-9-17(19)16(12-15)18(22)20-11-10-13-4-6-14(25-3)7-5-13/h4-9,12H,10-11H2,1-3H3,(H,20,22). The van der Waals surface area contributed by atoms with Gasteiger partial charge in [0.1, 0.15) is 5.75 Å². The van der Waals surface area contributed by atoms with E-state index in [2.05, 4.69) is 5.32 Å². The Labute approximate surface area is 167 Å². The average Bonchev–Trinajstić information content (AvgIpc) is 2.62. The second-order valence-electron chi connectivity index (χ2n) is 5.78. The molecule has 0 atom stereocenters. The van der Waals surface area contributed by atoms with Crippen LogP contribution in [0.2, 0.25) is 0 Å². The molecule has 0 aliphatic carbocycles. The molecular formula is C18H21IN2O4S. The Bertz CT molecular complexity index is 881. The average molecular weight is 488 g/mol. The second kappa shape index (κ2) is 8.83. The van der Waals surface area contributed by atoms with Crippen LogP contribution in [0.5, 0.6) is 5.75 Å². The fourth-order valence-electron chi connectivity index (χ4n) is 2.26. The molecule has 0 spiro atoms. The molecule has 140 valence electrons. The van der Waals surface area contributed by atoms with Crippen LogP contribution >= 0.6 is 22.6 Å². The molecule has 0 heterocycles. The largest absolute Gasteiger partial charge is 0.497 e. The number of methoxy groups -OCH3 is 1. The molecule has 0 aromatic heterocycles. The van der Waals surface area contributed by atoms with Gasteiger partial charge in [-0.2, -0.15) is 0 Å². The summed E-state index contributed by atoms with van der Waals surface area (Å²) < 4.78 is 31.4. The molecule has 26 heavy (non-hydrogen) atoms. The predicted octanol–water partition coefficient (Wildman–Crippen LogP) is 2.52. The number of carbonyl (C=O) groups excluding carboxylic acids is 1. The van der Waals surface area contributed by atoms with Crippen LogP contribution in [0.1, 0.15) is 15.9 Å². The van der Waals surface area contributed by atoms with E-state index in [1.807, 2.05) is 46.9 Å². The zero-order chi connectivity index (χ0) is 19.3. The molecule has 0 unspecified atom stereocenters. The monoisotopic (exact) mass is 488 g/mol. The summed E-state index contributed by atoms with van der Waals surface area (Å²) in [7, 11) is 0.951. The van der Waals surface area contributed by atoms with Gasteiger partial charge in [0.05, 0.1) is 17.6 Å². The number of sulfonamides is 1. The molecule has 2 aromatic rings. The quantitative estimate of drug-likeness (QED) is 0.608. The van der Waals surface area contributed by atoms with Crippen LogP contribution in [0.25, 0.3) is 0 Å². The van der Waals surface area contributed by atoms with Crippen molar-refractivity contribution in [1.82, 2.24) is 9.62 Å². The lowest BCUT2D eigenvalue weighted by Crippen LogP contribution is -2.27. The van der Waals surface area contributed by atoms with Crippen molar-refractivity contribution >= 4 is 38.5 Å². The lowest BCUT2D eigenvalue weighted by atomic mass is 10.1. The SMILES string of the molecule is COc1ccc(CCNC(=O)c2cc(S(=O)(=O)N(C)C)ccc2I)cc1. The molecule has 6 nitrogen and oxygen atoms in total. The van der Waals surface area contributed by atoms with E-state index in [4.69, 9.17) is 4.74 Å². The molecule has 0 fully saturated rings. The Balaban J connectivity index is 2.06. The third-order valence-corrected chi connectivity index (χ3v) is 6.57. The number of nitrogens with zero attached hydrogens (tertiary/aromatic N) is 1. The van der Waals surface area contributed by atoms with Crippen LogP contribution in [0.15, 0.2) is 47.4 Å². The molecule has 1 amide bonds. The summed E-state index contributed by atoms with van der Waals surface area (Å²) in [6.45, 7) is 0.450. The Morgan fingerprint density at radius 3 is 2.38 bits per heavy atom. The summed E-state index contributed by atoms with van der Waals surface area (Å²) in [6, 6.07) is 12.2. The zero-order valence-corrected chi connectivity index (χ0v) is 17.8. The fraction of sp³-hybridized carbons (Fsp3) is 0.278. The first kappa shape index (κ1) is 20.7. The number of amides is 1. The van der Waals surface area contributed by atoms with Crippen molar-refractivity contribution in [3.63, 3.8) is 0 Å². The summed E-state index contributed by atoms with van der Waals surface area (Å²) in [5.41, 5.74) is 1.42. The number of hydrogen-bond donors (Lipinski definition) is 1. The molecule has 0 saturated heterocycles. The van der Waals surface area contributed by atoms with Gasteiger partial charge in [0.25, 0.3) is 5.91 Å². The predicted molar refractivity (Wildman–Crippen MR) is 109 cm³/mol. The third-order valence-electron chi connectivity index (χ3n) is 3.82. The van der Waals surface area contributed by atoms with E-state index in [-0.39, 0.29) is 10.8 Å². The van der Waals surface area contributed by atoms with Gasteiger partial charge in [-0.15, -0.1) is 0 Å². The summed E-state index contributed by atoms with van der Waals surface area (Å²) in [6.07, 6.45) is 0.669. The second-order valence-corrected chi connectivity index (χ2v) is 9.10. The molecule has 8 heteroatoms. The van der Waals surface area contributed by atoms with Crippen LogP contribution in [-0.4, -0.2) is 46.4 Å². The highest BCUT2D eigenvalue weighted by atomic mass is 127. The molecule has 2 aromatic carbocycles. The summed E-state index contributed by atoms with van der Waals surface area (Å²) >= 11 is 2.03. The highest BCUT2D eigenvalue weighted by Gasteiger charge is 2.20. The summed E-state index contributed by atoms with van der Waals surface area (Å²) in [5.74, 6) is 0.491. The molecular weight excluding hydrogens is 467 g/mol. The van der Waals surface area contributed by atoms with Crippen LogP contribution in [0.4, 0.5) is 0 Å². The Kier molecular flexibility index (Phi) is 7.01. The number of benzene rings is 2. The number of carbonyl (C=O) groups is 1. The van der Waals surface area contributed by atoms with Crippen molar-refractivity contribution in [1.29, 1.82) is 0 Å². The first-order chi connectivity index (χ1) is 12.3. The van der Waals surface area contributed by atoms with E-state index >= 15 is 0 Å². The maximum Gasteiger partial charge on any atom is 0.252 e. The molecule has 0 aliphatic heterocycles. The Morgan fingerprint density at radius 1 is 1.15 bits per heavy atom. The number of halogens is 1. The maximum atomic E-state index is 12.5. The maximum absolute atomic E-state index is 12.5. The molecule has 0 saturated carbocycles. The molecule has 0 radical (unpaired) electrons. The normalized spacial score (nSPS) is 11.4. The first-order valence-corrected chi connectivity index (χ1v) is 10.4. The third kappa shape index (κ3) is 4.95. The van der Waals surface area contributed by atoms with E-state index in [0.717, 1.165) is 15.6 Å². The Morgan fingerprint density at radius 2 is 1.81 bits per heavy atom. The van der Waals surface area contributed by atoms with Gasteiger partial charge in [0, 0.05) is 24.2 Å². The first-order valence-electron chi connectivity index (χ1n) is 7.89. The van der Waals surface area contributed by atoms with Crippen molar-refractivity contribution < 1.29 is 17.9 Å². The van der Waals surface area contributed by atoms with Gasteiger partial charge in [0.2, 0.25) is 10.0 Å². The highest BCUT2D eigenvalue weighted by Crippen LogP contribution is 2.20. The minimum Gasteiger partial charge on any atom is -0.497 e. The summed E-state index contributed by atoms with van der Waals surface area (Å²) in [5, 5.41) is 2.84. The lowest BCUT2D eigenvalue weighted by molar-refractivity contribution is 0.0953. The van der Waals surface area contributed by atoms with Gasteiger partial charge < -0.3 is 10.1 Å². The van der Waals surface area contributed by atoms with E-state index in [9.17, 15) is 13.2 Å². The number of rotatable bonds is 7. The van der Waals surface area contributed by atoms with E-state index in [0.29, 0.717) is 22.1 Å². The highest BCUT2D eigenvalue weighted by molar-refractivity contribution is 14.1. The number of nitrogens with one attached hydrogen (secondary N) is 1. The topological polar surface area (TPSA) is 75.7 Å². The minimum absolute atomic E-state index is 0.100. The van der Waals surface area contributed by atoms with Crippen LogP contribution in [0, 0.1) is 3.57 Å². The fourth-order valence-corrected chi connectivity index (χ4v) is 3.77. The van der Waals surface area contributed by atoms with Crippen molar-refractivity contribution in [2.24, 2.45) is 0 Å². The number of hydrogen-bond acceptors (Lipinski definition) is 4. The van der Waals surface area contributed by atoms with Gasteiger partial charge in [-0.3, -0.25) is 4.79 Å². The van der Waals surface area contributed by atoms with Crippen molar-refractivity contribution in [3.05, 3.63) is 57.2 Å². The van der Waals surface area contributed by atoms with Gasteiger partial charge in [0.15, 0.2) is 0 Å². The lowest BCUT2D eigenvalue weighted by Gasteiger charge is -2.13. The van der Waals surface area contributed by atoms with Gasteiger partial charge in [-0.05, 0) is 64.9 Å². The zero-order valence-electron chi connectivity index (χ0n) is 14.8. The van der Waals surface area contributed by atoms with Crippen molar-refractivity contribution in [2.75, 3.05) is 27.7 Å². The van der Waals surface area contributed by atoms with Gasteiger partial charge >= 0.3 is 0 Å².